The van der Waals surface area contributed by atoms with Gasteiger partial charge in [0, 0.05) is 26.4 Å². The monoisotopic (exact) mass is 938 g/mol. The number of carbonyl (C=O) groups is 10. The van der Waals surface area contributed by atoms with Crippen molar-refractivity contribution in [3.05, 3.63) is 0 Å². The standard InChI is InChI=1S/C42H75N13O11/c1-9-14-26(50-40(65)33(24(7)56)54-39(64)32(22(5)11-3)53-36(61)27(49-25(8)57)17-18-30(43)58)35(60)52-31(21(4)10-2)38(63)51-28(15-12-19-47-42(45)46)41(66)55-20-13-16-29(55)37(62)48-23(6)34(44)59/h21-24,26-29,31-33,56H,9-20H2,1-8H3,(H2,43,58)(H2,44,59)(H,48,62)(H,49,57)(H,50,65)(H,51,63)(H,52,60)(H,53,61)(H,54,64)(H4,45,46,47)/t21-,22?,23+,24+,26-,27-,28-,29-,31-,32?,33-/m0/s1. The normalized spacial score (nSPS) is 17.9. The largest absolute Gasteiger partial charge is 0.391 e. The second kappa shape index (κ2) is 28.8. The molecule has 0 aliphatic carbocycles. The lowest BCUT2D eigenvalue weighted by atomic mass is 9.96. The average molecular weight is 938 g/mol. The van der Waals surface area contributed by atoms with Crippen molar-refractivity contribution in [3.63, 3.8) is 0 Å². The van der Waals surface area contributed by atoms with Gasteiger partial charge in [0.1, 0.15) is 48.3 Å². The molecule has 10 amide bonds. The van der Waals surface area contributed by atoms with Crippen LogP contribution in [0.4, 0.5) is 0 Å². The number of aliphatic imine (C=N–C) groups is 1. The van der Waals surface area contributed by atoms with Crippen LogP contribution in [0.2, 0.25) is 0 Å². The van der Waals surface area contributed by atoms with Crippen molar-refractivity contribution in [3.8, 4) is 0 Å². The van der Waals surface area contributed by atoms with Crippen molar-refractivity contribution >= 4 is 65.0 Å². The van der Waals surface area contributed by atoms with Crippen LogP contribution in [0, 0.1) is 11.8 Å². The van der Waals surface area contributed by atoms with Gasteiger partial charge < -0.3 is 70.2 Å². The molecule has 0 saturated carbocycles. The van der Waals surface area contributed by atoms with E-state index in [2.05, 4.69) is 42.2 Å². The van der Waals surface area contributed by atoms with Gasteiger partial charge >= 0.3 is 0 Å². The van der Waals surface area contributed by atoms with Gasteiger partial charge in [-0.1, -0.05) is 53.9 Å². The molecule has 0 aromatic rings. The number of likely N-dealkylation sites (tertiary alicyclic amines) is 1. The first-order valence-electron chi connectivity index (χ1n) is 22.6. The van der Waals surface area contributed by atoms with Crippen molar-refractivity contribution in [2.75, 3.05) is 13.1 Å². The first-order valence-corrected chi connectivity index (χ1v) is 22.6. The second-order valence-electron chi connectivity index (χ2n) is 16.9. The minimum Gasteiger partial charge on any atom is -0.391 e. The first-order chi connectivity index (χ1) is 30.9. The maximum Gasteiger partial charge on any atom is 0.245 e. The van der Waals surface area contributed by atoms with Crippen molar-refractivity contribution in [2.45, 2.75) is 174 Å². The lowest BCUT2D eigenvalue weighted by Gasteiger charge is -2.32. The molecule has 0 radical (unpaired) electrons. The van der Waals surface area contributed by atoms with Crippen LogP contribution in [0.5, 0.6) is 0 Å². The van der Waals surface area contributed by atoms with E-state index in [4.69, 9.17) is 22.9 Å². The maximum absolute atomic E-state index is 14.2. The number of aliphatic hydroxyl groups excluding tert-OH is 1. The molecule has 0 bridgehead atoms. The molecule has 24 heteroatoms. The third kappa shape index (κ3) is 19.2. The van der Waals surface area contributed by atoms with E-state index in [0.29, 0.717) is 32.1 Å². The van der Waals surface area contributed by atoms with Gasteiger partial charge in [0.2, 0.25) is 59.1 Å². The molecule has 1 aliphatic heterocycles. The number of aliphatic hydroxyl groups is 1. The Labute approximate surface area is 386 Å². The van der Waals surface area contributed by atoms with E-state index in [1.54, 1.807) is 34.6 Å². The molecule has 0 spiro atoms. The summed E-state index contributed by atoms with van der Waals surface area (Å²) in [7, 11) is 0. The van der Waals surface area contributed by atoms with Gasteiger partial charge in [-0.25, -0.2) is 0 Å². The van der Waals surface area contributed by atoms with Crippen molar-refractivity contribution < 1.29 is 53.1 Å². The van der Waals surface area contributed by atoms with Crippen LogP contribution < -0.4 is 60.2 Å². The Morgan fingerprint density at radius 3 is 1.62 bits per heavy atom. The minimum absolute atomic E-state index is 0.0405. The van der Waals surface area contributed by atoms with Crippen LogP contribution in [0.1, 0.15) is 120 Å². The van der Waals surface area contributed by atoms with Crippen LogP contribution in [-0.2, 0) is 47.9 Å². The van der Waals surface area contributed by atoms with Gasteiger partial charge in [-0.15, -0.1) is 0 Å². The summed E-state index contributed by atoms with van der Waals surface area (Å²) in [5.74, 6) is -8.53. The lowest BCUT2D eigenvalue weighted by Crippen LogP contribution is -2.62. The first kappa shape index (κ1) is 57.9. The Morgan fingerprint density at radius 2 is 1.15 bits per heavy atom. The van der Waals surface area contributed by atoms with E-state index >= 15 is 0 Å². The summed E-state index contributed by atoms with van der Waals surface area (Å²) in [6, 6.07) is -9.78. The second-order valence-corrected chi connectivity index (χ2v) is 16.9. The van der Waals surface area contributed by atoms with Crippen LogP contribution in [0.3, 0.4) is 0 Å². The molecule has 2 unspecified atom stereocenters. The molecule has 66 heavy (non-hydrogen) atoms. The third-order valence-electron chi connectivity index (χ3n) is 11.4. The number of amides is 10. The number of nitrogens with two attached hydrogens (primary N) is 4. The summed E-state index contributed by atoms with van der Waals surface area (Å²) in [4.78, 5) is 136. The lowest BCUT2D eigenvalue weighted by molar-refractivity contribution is -0.142. The Kier molecular flexibility index (Phi) is 25.2. The number of nitrogens with one attached hydrogen (secondary N) is 7. The molecule has 1 aliphatic rings. The molecule has 1 saturated heterocycles. The molecular weight excluding hydrogens is 863 g/mol. The van der Waals surface area contributed by atoms with Gasteiger partial charge in [-0.05, 0) is 64.2 Å². The number of hydrogen-bond acceptors (Lipinski definition) is 12. The van der Waals surface area contributed by atoms with Crippen LogP contribution in [-0.4, -0.2) is 143 Å². The zero-order chi connectivity index (χ0) is 50.4. The summed E-state index contributed by atoms with van der Waals surface area (Å²) in [6.07, 6.45) is 0.343. The highest BCUT2D eigenvalue weighted by molar-refractivity contribution is 5.98. The van der Waals surface area contributed by atoms with Gasteiger partial charge in [0.25, 0.3) is 0 Å². The van der Waals surface area contributed by atoms with E-state index in [-0.39, 0.29) is 51.2 Å². The molecule has 0 aromatic carbocycles. The van der Waals surface area contributed by atoms with Crippen LogP contribution >= 0.6 is 0 Å². The van der Waals surface area contributed by atoms with Crippen LogP contribution in [0.25, 0.3) is 0 Å². The topological polar surface area (TPSA) is 395 Å². The fourth-order valence-electron chi connectivity index (χ4n) is 7.09. The molecule has 1 rings (SSSR count). The number of nitrogens with zero attached hydrogens (tertiary/aromatic N) is 2. The SMILES string of the molecule is CCC[C@H](NC(=O)[C@@H](NC(=O)C(NC(=O)[C@H](CCC(N)=O)NC(C)=O)C(C)CC)[C@@H](C)O)C(=O)N[C@H](C(=O)N[C@@H](CCCN=C(N)N)C(=O)N1CCC[C@H]1C(=O)N[C@H](C)C(N)=O)[C@@H](C)CC. The summed E-state index contributed by atoms with van der Waals surface area (Å²) < 4.78 is 0. The average Bonchev–Trinajstić information content (AvgIpc) is 3.75. The van der Waals surface area contributed by atoms with Crippen molar-refractivity contribution in [1.29, 1.82) is 0 Å². The fourth-order valence-corrected chi connectivity index (χ4v) is 7.09. The van der Waals surface area contributed by atoms with Gasteiger partial charge in [0.15, 0.2) is 5.96 Å². The minimum atomic E-state index is -1.64. The summed E-state index contributed by atoms with van der Waals surface area (Å²) in [5.41, 5.74) is 21.5. The van der Waals surface area contributed by atoms with E-state index in [1.165, 1.54) is 25.7 Å². The van der Waals surface area contributed by atoms with Gasteiger partial charge in [-0.3, -0.25) is 52.9 Å². The summed E-state index contributed by atoms with van der Waals surface area (Å²) in [6.45, 7) is 12.8. The molecule has 24 nitrogen and oxygen atoms in total. The zero-order valence-electron chi connectivity index (χ0n) is 39.6. The highest BCUT2D eigenvalue weighted by Gasteiger charge is 2.40. The number of carbonyl (C=O) groups excluding carboxylic acids is 10. The van der Waals surface area contributed by atoms with Crippen molar-refractivity contribution in [1.82, 2.24) is 42.1 Å². The predicted octanol–water partition coefficient (Wildman–Crippen LogP) is -3.51. The quantitative estimate of drug-likeness (QED) is 0.0197. The predicted molar refractivity (Wildman–Crippen MR) is 243 cm³/mol. The zero-order valence-corrected chi connectivity index (χ0v) is 39.6. The molecule has 1 heterocycles. The number of hydrogen-bond donors (Lipinski definition) is 12. The smallest absolute Gasteiger partial charge is 0.245 e. The van der Waals surface area contributed by atoms with Gasteiger partial charge in [-0.2, -0.15) is 0 Å². The molecule has 374 valence electrons. The molecule has 11 atom stereocenters. The molecular formula is C42H75N13O11. The summed E-state index contributed by atoms with van der Waals surface area (Å²) >= 11 is 0. The molecule has 16 N–H and O–H groups in total. The van der Waals surface area contributed by atoms with Crippen molar-refractivity contribution in [2.24, 2.45) is 39.8 Å². The number of rotatable bonds is 29. The molecule has 1 fully saturated rings. The third-order valence-corrected chi connectivity index (χ3v) is 11.4. The van der Waals surface area contributed by atoms with E-state index in [0.717, 1.165) is 0 Å². The Morgan fingerprint density at radius 1 is 0.652 bits per heavy atom. The maximum atomic E-state index is 14.2. The molecule has 0 aromatic heterocycles. The Bertz CT molecular complexity index is 1740. The van der Waals surface area contributed by atoms with E-state index in [9.17, 15) is 53.1 Å². The summed E-state index contributed by atoms with van der Waals surface area (Å²) in [5, 5.41) is 28.8. The van der Waals surface area contributed by atoms with Gasteiger partial charge in [0.05, 0.1) is 6.10 Å². The highest BCUT2D eigenvalue weighted by atomic mass is 16.3. The highest BCUT2D eigenvalue weighted by Crippen LogP contribution is 2.21. The van der Waals surface area contributed by atoms with Crippen LogP contribution in [0.15, 0.2) is 4.99 Å². The number of primary amides is 2. The van der Waals surface area contributed by atoms with E-state index in [1.807, 2.05) is 0 Å². The Hall–Kier alpha value is -6.07. The number of guanidine groups is 1. The van der Waals surface area contributed by atoms with E-state index < -0.39 is 125 Å². The Balaban J connectivity index is 3.38. The fraction of sp³-hybridized carbons (Fsp3) is 0.738.